The maximum Gasteiger partial charge on any atom is 0.246 e. The normalized spacial score (nSPS) is 7.71. The van der Waals surface area contributed by atoms with E-state index in [0.29, 0.717) is 5.57 Å². The molecule has 0 aromatic carbocycles. The van der Waals surface area contributed by atoms with Crippen molar-refractivity contribution in [1.29, 1.82) is 0 Å². The average molecular weight is 99.1 g/mol. The van der Waals surface area contributed by atoms with Gasteiger partial charge in [-0.2, -0.15) is 0 Å². The summed E-state index contributed by atoms with van der Waals surface area (Å²) in [4.78, 5) is 10.3. The molecule has 0 aliphatic carbocycles. The lowest BCUT2D eigenvalue weighted by atomic mass is 10.3. The van der Waals surface area contributed by atoms with Gasteiger partial charge in [0.25, 0.3) is 0 Å². The maximum absolute atomic E-state index is 10.3. The summed E-state index contributed by atoms with van der Waals surface area (Å²) < 4.78 is 0. The molecule has 0 saturated heterocycles. The van der Waals surface area contributed by atoms with E-state index < -0.39 is 0 Å². The Morgan fingerprint density at radius 3 is 2.14 bits per heavy atom. The Balaban J connectivity index is 3.58. The second kappa shape index (κ2) is 2.39. The highest BCUT2D eigenvalue weighted by Crippen LogP contribution is 1.81. The standard InChI is InChI=1S/C5H9NO/c1-4(2)5(7)6-3/h1H2,2-3H3,(H,6,7). The first-order valence-electron chi connectivity index (χ1n) is 2.06. The molecule has 0 unspecified atom stereocenters. The van der Waals surface area contributed by atoms with Crippen molar-refractivity contribution in [3.05, 3.63) is 12.2 Å². The molecule has 0 aromatic heterocycles. The van der Waals surface area contributed by atoms with Gasteiger partial charge in [0.05, 0.1) is 0 Å². The lowest BCUT2D eigenvalue weighted by molar-refractivity contribution is -0.116. The van der Waals surface area contributed by atoms with Crippen molar-refractivity contribution in [1.82, 2.24) is 5.32 Å². The molecule has 0 aliphatic rings. The molecule has 0 heterocycles. The zero-order valence-corrected chi connectivity index (χ0v) is 4.62. The van der Waals surface area contributed by atoms with E-state index in [1.165, 1.54) is 0 Å². The number of amides is 1. The monoisotopic (exact) mass is 99.1 g/mol. The molecule has 0 atom stereocenters. The number of hydrogen-bond acceptors (Lipinski definition) is 1. The summed E-state index contributed by atoms with van der Waals surface area (Å²) in [6.45, 7) is 5.08. The first-order valence-corrected chi connectivity index (χ1v) is 2.06. The molecular weight excluding hydrogens is 90.1 g/mol. The molecule has 1 amide bonds. The molecule has 0 saturated carbocycles. The maximum atomic E-state index is 10.3. The van der Waals surface area contributed by atoms with Crippen molar-refractivity contribution in [3.63, 3.8) is 0 Å². The van der Waals surface area contributed by atoms with Gasteiger partial charge in [0.1, 0.15) is 0 Å². The largest absolute Gasteiger partial charge is 0.355 e. The Kier molecular flexibility index (Phi) is 2.12. The topological polar surface area (TPSA) is 29.1 Å². The van der Waals surface area contributed by atoms with Crippen LogP contribution >= 0.6 is 0 Å². The predicted octanol–water partition coefficient (Wildman–Crippen LogP) is 0.308. The molecule has 0 spiro atoms. The molecular formula is C5H9NO. The fourth-order valence-electron chi connectivity index (χ4n) is 0.213. The second-order valence-corrected chi connectivity index (χ2v) is 1.36. The highest BCUT2D eigenvalue weighted by Gasteiger charge is 1.92. The minimum atomic E-state index is -0.0972. The molecule has 1 N–H and O–H groups in total. The number of rotatable bonds is 1. The summed E-state index contributed by atoms with van der Waals surface area (Å²) in [5.41, 5.74) is 0.544. The third kappa shape index (κ3) is 1.98. The van der Waals surface area contributed by atoms with Crippen LogP contribution in [0.5, 0.6) is 0 Å². The number of hydrogen-bond donors (Lipinski definition) is 1. The highest BCUT2D eigenvalue weighted by molar-refractivity contribution is 5.91. The van der Waals surface area contributed by atoms with Gasteiger partial charge >= 0.3 is 0 Å². The third-order valence-electron chi connectivity index (χ3n) is 0.615. The van der Waals surface area contributed by atoms with E-state index in [1.54, 1.807) is 14.0 Å². The van der Waals surface area contributed by atoms with Crippen molar-refractivity contribution >= 4 is 5.91 Å². The fraction of sp³-hybridized carbons (Fsp3) is 0.400. The van der Waals surface area contributed by atoms with Gasteiger partial charge in [-0.3, -0.25) is 4.79 Å². The zero-order chi connectivity index (χ0) is 5.86. The van der Waals surface area contributed by atoms with Crippen LogP contribution in [0.3, 0.4) is 0 Å². The van der Waals surface area contributed by atoms with Gasteiger partial charge in [-0.15, -0.1) is 0 Å². The first kappa shape index (κ1) is 6.21. The van der Waals surface area contributed by atoms with Crippen molar-refractivity contribution in [2.75, 3.05) is 7.05 Å². The van der Waals surface area contributed by atoms with Crippen LogP contribution in [-0.4, -0.2) is 13.0 Å². The average Bonchev–Trinajstić information content (AvgIpc) is 1.65. The van der Waals surface area contributed by atoms with E-state index >= 15 is 0 Å². The molecule has 0 fully saturated rings. The molecule has 2 nitrogen and oxygen atoms in total. The van der Waals surface area contributed by atoms with Crippen LogP contribution in [0.4, 0.5) is 0 Å². The van der Waals surface area contributed by atoms with E-state index in [2.05, 4.69) is 11.9 Å². The number of carbonyl (C=O) groups excluding carboxylic acids is 1. The Morgan fingerprint density at radius 2 is 2.14 bits per heavy atom. The van der Waals surface area contributed by atoms with Gasteiger partial charge in [0, 0.05) is 12.6 Å². The third-order valence-corrected chi connectivity index (χ3v) is 0.615. The van der Waals surface area contributed by atoms with E-state index in [1.807, 2.05) is 0 Å². The van der Waals surface area contributed by atoms with Crippen LogP contribution in [0.2, 0.25) is 0 Å². The van der Waals surface area contributed by atoms with Crippen LogP contribution in [-0.2, 0) is 4.79 Å². The molecule has 2 heteroatoms. The minimum absolute atomic E-state index is 0.0972. The summed E-state index contributed by atoms with van der Waals surface area (Å²) in [5, 5.41) is 2.43. The summed E-state index contributed by atoms with van der Waals surface area (Å²) in [7, 11) is 1.58. The van der Waals surface area contributed by atoms with E-state index in [9.17, 15) is 4.79 Å². The minimum Gasteiger partial charge on any atom is -0.355 e. The van der Waals surface area contributed by atoms with Crippen LogP contribution in [0.25, 0.3) is 0 Å². The Hall–Kier alpha value is -0.790. The van der Waals surface area contributed by atoms with Crippen molar-refractivity contribution in [2.45, 2.75) is 6.92 Å². The van der Waals surface area contributed by atoms with Crippen LogP contribution in [0.1, 0.15) is 6.92 Å². The molecule has 7 heavy (non-hydrogen) atoms. The zero-order valence-electron chi connectivity index (χ0n) is 4.62. The van der Waals surface area contributed by atoms with Gasteiger partial charge < -0.3 is 5.32 Å². The van der Waals surface area contributed by atoms with Gasteiger partial charge in [-0.05, 0) is 6.92 Å². The Morgan fingerprint density at radius 1 is 1.71 bits per heavy atom. The van der Waals surface area contributed by atoms with Crippen LogP contribution < -0.4 is 5.32 Å². The first-order chi connectivity index (χ1) is 3.18. The summed E-state index contributed by atoms with van der Waals surface area (Å²) in [6, 6.07) is 0. The number of carbonyl (C=O) groups is 1. The molecule has 0 rings (SSSR count). The van der Waals surface area contributed by atoms with Crippen LogP contribution in [0.15, 0.2) is 12.2 Å². The van der Waals surface area contributed by atoms with Gasteiger partial charge in [0.15, 0.2) is 0 Å². The second-order valence-electron chi connectivity index (χ2n) is 1.36. The predicted molar refractivity (Wildman–Crippen MR) is 28.9 cm³/mol. The lowest BCUT2D eigenvalue weighted by Gasteiger charge is -1.91. The molecule has 0 bridgehead atoms. The SMILES string of the molecule is C=C(C)C(=O)NC. The van der Waals surface area contributed by atoms with Crippen molar-refractivity contribution in [3.8, 4) is 0 Å². The molecule has 0 aromatic rings. The van der Waals surface area contributed by atoms with Crippen molar-refractivity contribution in [2.24, 2.45) is 0 Å². The summed E-state index contributed by atoms with van der Waals surface area (Å²) in [5.74, 6) is -0.0972. The number of nitrogens with one attached hydrogen (secondary N) is 1. The van der Waals surface area contributed by atoms with Gasteiger partial charge in [-0.25, -0.2) is 0 Å². The van der Waals surface area contributed by atoms with Gasteiger partial charge in [0.2, 0.25) is 5.91 Å². The molecule has 0 aliphatic heterocycles. The summed E-state index contributed by atoms with van der Waals surface area (Å²) in [6.07, 6.45) is 0. The smallest absolute Gasteiger partial charge is 0.246 e. The number of likely N-dealkylation sites (N-methyl/N-ethyl adjacent to an activating group) is 1. The Bertz CT molecular complexity index is 96.3. The fourth-order valence-corrected chi connectivity index (χ4v) is 0.213. The molecule has 40 valence electrons. The highest BCUT2D eigenvalue weighted by atomic mass is 16.1. The van der Waals surface area contributed by atoms with E-state index in [0.717, 1.165) is 0 Å². The Labute approximate surface area is 43.2 Å². The van der Waals surface area contributed by atoms with Gasteiger partial charge in [-0.1, -0.05) is 6.58 Å². The summed E-state index contributed by atoms with van der Waals surface area (Å²) >= 11 is 0. The quantitative estimate of drug-likeness (QED) is 0.471. The van der Waals surface area contributed by atoms with Crippen molar-refractivity contribution < 1.29 is 4.79 Å². The van der Waals surface area contributed by atoms with Crippen LogP contribution in [0, 0.1) is 0 Å². The van der Waals surface area contributed by atoms with E-state index in [4.69, 9.17) is 0 Å². The lowest BCUT2D eigenvalue weighted by Crippen LogP contribution is -2.17. The van der Waals surface area contributed by atoms with E-state index in [-0.39, 0.29) is 5.91 Å². The molecule has 0 radical (unpaired) electrons.